The van der Waals surface area contributed by atoms with Crippen molar-refractivity contribution in [3.8, 4) is 11.1 Å². The molecular formula is C33H39FN6O. The Kier molecular flexibility index (Phi) is 6.64. The van der Waals surface area contributed by atoms with Crippen LogP contribution in [0.25, 0.3) is 11.1 Å². The van der Waals surface area contributed by atoms with E-state index in [2.05, 4.69) is 44.9 Å². The summed E-state index contributed by atoms with van der Waals surface area (Å²) in [6.45, 7) is 10.7. The standard InChI is InChI=1S/C33H39FN6O/c1-20(2)31(24-11-26(41)12-24)40-17-33(18-40)8-9-39(16-33)32-30(38-37-19-36-32)13-23-6-7-25(34)14-28(23)29-15-35-21(3)10-27(29)22-4-5-22/h6-7,10,14-15,19-20,22,24,31H,4-5,8-9,11-13,16-18H2,1-3H3/t31-/m0/s1. The zero-order valence-corrected chi connectivity index (χ0v) is 24.3. The van der Waals surface area contributed by atoms with Crippen LogP contribution in [0.4, 0.5) is 10.2 Å². The Balaban J connectivity index is 1.11. The lowest BCUT2D eigenvalue weighted by atomic mass is 9.70. The molecule has 0 bridgehead atoms. The SMILES string of the molecule is Cc1cc(C2CC2)c(-c2cc(F)ccc2Cc2nncnc2N2CCC3(C2)CN([C@@H](C(C)C)C2CC(=O)C2)C3)cn1. The Bertz CT molecular complexity index is 1470. The molecule has 7 nitrogen and oxygen atoms in total. The fourth-order valence-electron chi connectivity index (χ4n) is 7.78. The zero-order valence-electron chi connectivity index (χ0n) is 24.3. The summed E-state index contributed by atoms with van der Waals surface area (Å²) in [7, 11) is 0. The molecule has 4 aliphatic rings. The van der Waals surface area contributed by atoms with Gasteiger partial charge in [-0.15, -0.1) is 10.2 Å². The highest BCUT2D eigenvalue weighted by Gasteiger charge is 2.52. The van der Waals surface area contributed by atoms with Crippen molar-refractivity contribution in [2.45, 2.75) is 71.3 Å². The molecule has 0 N–H and O–H groups in total. The molecule has 2 saturated carbocycles. The van der Waals surface area contributed by atoms with E-state index >= 15 is 0 Å². The van der Waals surface area contributed by atoms with Crippen LogP contribution < -0.4 is 4.90 Å². The Morgan fingerprint density at radius 3 is 2.61 bits per heavy atom. The van der Waals surface area contributed by atoms with Gasteiger partial charge in [0, 0.05) is 74.4 Å². The maximum atomic E-state index is 14.6. The first-order chi connectivity index (χ1) is 19.8. The molecule has 4 fully saturated rings. The van der Waals surface area contributed by atoms with Gasteiger partial charge in [-0.05, 0) is 78.8 Å². The molecule has 2 saturated heterocycles. The Morgan fingerprint density at radius 2 is 1.88 bits per heavy atom. The van der Waals surface area contributed by atoms with Crippen LogP contribution in [-0.4, -0.2) is 63.1 Å². The van der Waals surface area contributed by atoms with Gasteiger partial charge in [0.25, 0.3) is 0 Å². The van der Waals surface area contributed by atoms with Crippen molar-refractivity contribution in [2.75, 3.05) is 31.1 Å². The van der Waals surface area contributed by atoms with Crippen LogP contribution in [0.5, 0.6) is 0 Å². The Hall–Kier alpha value is -3.26. The minimum absolute atomic E-state index is 0.245. The predicted octanol–water partition coefficient (Wildman–Crippen LogP) is 5.37. The van der Waals surface area contributed by atoms with Crippen molar-refractivity contribution in [2.24, 2.45) is 17.3 Å². The summed E-state index contributed by atoms with van der Waals surface area (Å²) >= 11 is 0. The van der Waals surface area contributed by atoms with E-state index in [0.29, 0.717) is 36.0 Å². The van der Waals surface area contributed by atoms with Crippen LogP contribution in [-0.2, 0) is 11.2 Å². The van der Waals surface area contributed by atoms with Gasteiger partial charge >= 0.3 is 0 Å². The Labute approximate surface area is 241 Å². The number of benzene rings is 1. The van der Waals surface area contributed by atoms with Crippen molar-refractivity contribution in [3.05, 3.63) is 65.1 Å². The number of aryl methyl sites for hydroxylation is 1. The van der Waals surface area contributed by atoms with Crippen LogP contribution >= 0.6 is 0 Å². The largest absolute Gasteiger partial charge is 0.354 e. The van der Waals surface area contributed by atoms with Gasteiger partial charge in [0.15, 0.2) is 5.82 Å². The molecule has 7 rings (SSSR count). The molecule has 2 aliphatic heterocycles. The van der Waals surface area contributed by atoms with E-state index in [9.17, 15) is 9.18 Å². The molecule has 2 aromatic heterocycles. The third-order valence-electron chi connectivity index (χ3n) is 9.86. The molecular weight excluding hydrogens is 515 g/mol. The molecule has 41 heavy (non-hydrogen) atoms. The topological polar surface area (TPSA) is 75.1 Å². The zero-order chi connectivity index (χ0) is 28.3. The highest BCUT2D eigenvalue weighted by Crippen LogP contribution is 2.47. The number of ketones is 1. The fraction of sp³-hybridized carbons (Fsp3) is 0.545. The highest BCUT2D eigenvalue weighted by atomic mass is 19.1. The highest BCUT2D eigenvalue weighted by molar-refractivity contribution is 5.84. The number of likely N-dealkylation sites (tertiary alicyclic amines) is 1. The monoisotopic (exact) mass is 554 g/mol. The number of halogens is 1. The third kappa shape index (κ3) is 5.05. The molecule has 0 unspecified atom stereocenters. The number of carbonyl (C=O) groups excluding carboxylic acids is 1. The first-order valence-electron chi connectivity index (χ1n) is 15.2. The second-order valence-corrected chi connectivity index (χ2v) is 13.4. The molecule has 8 heteroatoms. The number of nitrogens with zero attached hydrogens (tertiary/aromatic N) is 6. The van der Waals surface area contributed by atoms with Gasteiger partial charge in [0.1, 0.15) is 23.6 Å². The third-order valence-corrected chi connectivity index (χ3v) is 9.86. The minimum Gasteiger partial charge on any atom is -0.354 e. The molecule has 214 valence electrons. The molecule has 0 radical (unpaired) electrons. The second-order valence-electron chi connectivity index (χ2n) is 13.4. The molecule has 1 atom stereocenters. The van der Waals surface area contributed by atoms with Gasteiger partial charge < -0.3 is 4.90 Å². The van der Waals surface area contributed by atoms with Crippen molar-refractivity contribution in [3.63, 3.8) is 0 Å². The first kappa shape index (κ1) is 26.6. The Morgan fingerprint density at radius 1 is 1.07 bits per heavy atom. The number of anilines is 1. The van der Waals surface area contributed by atoms with E-state index < -0.39 is 0 Å². The van der Waals surface area contributed by atoms with Crippen molar-refractivity contribution >= 4 is 11.6 Å². The van der Waals surface area contributed by atoms with E-state index in [0.717, 1.165) is 79.3 Å². The lowest BCUT2D eigenvalue weighted by Gasteiger charge is -2.55. The van der Waals surface area contributed by atoms with E-state index in [4.69, 9.17) is 4.98 Å². The minimum atomic E-state index is -0.245. The van der Waals surface area contributed by atoms with E-state index in [1.807, 2.05) is 19.2 Å². The van der Waals surface area contributed by atoms with E-state index in [1.54, 1.807) is 12.4 Å². The van der Waals surface area contributed by atoms with Crippen LogP contribution in [0.1, 0.15) is 74.4 Å². The average Bonchev–Trinajstić information content (AvgIpc) is 3.67. The van der Waals surface area contributed by atoms with Crippen molar-refractivity contribution < 1.29 is 9.18 Å². The van der Waals surface area contributed by atoms with Gasteiger partial charge in [-0.2, -0.15) is 0 Å². The number of carbonyl (C=O) groups is 1. The van der Waals surface area contributed by atoms with Crippen molar-refractivity contribution in [1.29, 1.82) is 0 Å². The number of hydrogen-bond acceptors (Lipinski definition) is 7. The molecule has 2 aliphatic carbocycles. The van der Waals surface area contributed by atoms with Crippen LogP contribution in [0, 0.1) is 30.0 Å². The first-order valence-corrected chi connectivity index (χ1v) is 15.2. The lowest BCUT2D eigenvalue weighted by Crippen LogP contribution is -2.64. The maximum Gasteiger partial charge on any atom is 0.154 e. The summed E-state index contributed by atoms with van der Waals surface area (Å²) < 4.78 is 14.6. The van der Waals surface area contributed by atoms with Crippen LogP contribution in [0.2, 0.25) is 0 Å². The summed E-state index contributed by atoms with van der Waals surface area (Å²) in [5.74, 6) is 2.65. The predicted molar refractivity (Wildman–Crippen MR) is 156 cm³/mol. The molecule has 4 heterocycles. The second kappa shape index (κ2) is 10.2. The number of pyridine rings is 1. The molecule has 1 aromatic carbocycles. The smallest absolute Gasteiger partial charge is 0.154 e. The molecule has 3 aromatic rings. The normalized spacial score (nSPS) is 21.4. The number of aromatic nitrogens is 4. The van der Waals surface area contributed by atoms with Gasteiger partial charge in [0.2, 0.25) is 0 Å². The fourth-order valence-corrected chi connectivity index (χ4v) is 7.78. The summed E-state index contributed by atoms with van der Waals surface area (Å²) in [5, 5.41) is 8.72. The molecule has 1 spiro atoms. The number of Topliss-reactive ketones (excluding diaryl/α,β-unsaturated/α-hetero) is 1. The lowest BCUT2D eigenvalue weighted by molar-refractivity contribution is -0.133. The molecule has 0 amide bonds. The average molecular weight is 555 g/mol. The maximum absolute atomic E-state index is 14.6. The van der Waals surface area contributed by atoms with Crippen LogP contribution in [0.3, 0.4) is 0 Å². The summed E-state index contributed by atoms with van der Waals surface area (Å²) in [4.78, 5) is 26.0. The number of rotatable bonds is 8. The van der Waals surface area contributed by atoms with Gasteiger partial charge in [0.05, 0.1) is 0 Å². The van der Waals surface area contributed by atoms with Crippen molar-refractivity contribution in [1.82, 2.24) is 25.1 Å². The van der Waals surface area contributed by atoms with Gasteiger partial charge in [-0.3, -0.25) is 14.7 Å². The quantitative estimate of drug-likeness (QED) is 0.371. The summed E-state index contributed by atoms with van der Waals surface area (Å²) in [6.07, 6.45) is 8.95. The van der Waals surface area contributed by atoms with Gasteiger partial charge in [-0.25, -0.2) is 9.37 Å². The number of hydrogen-bond donors (Lipinski definition) is 0. The van der Waals surface area contributed by atoms with E-state index in [-0.39, 0.29) is 11.2 Å². The summed E-state index contributed by atoms with van der Waals surface area (Å²) in [5.41, 5.74) is 6.27. The summed E-state index contributed by atoms with van der Waals surface area (Å²) in [6, 6.07) is 7.72. The van der Waals surface area contributed by atoms with Crippen LogP contribution in [0.15, 0.2) is 36.8 Å². The van der Waals surface area contributed by atoms with Gasteiger partial charge in [-0.1, -0.05) is 19.9 Å². The van der Waals surface area contributed by atoms with E-state index in [1.165, 1.54) is 24.5 Å².